The van der Waals surface area contributed by atoms with Gasteiger partial charge in [0.15, 0.2) is 0 Å². The lowest BCUT2D eigenvalue weighted by molar-refractivity contribution is -0.169. The Bertz CT molecular complexity index is 1220. The molecule has 3 aromatic carbocycles. The van der Waals surface area contributed by atoms with Gasteiger partial charge in [0.25, 0.3) is 5.91 Å². The zero-order valence-electron chi connectivity index (χ0n) is 17.8. The van der Waals surface area contributed by atoms with E-state index < -0.39 is 11.9 Å². The minimum atomic E-state index is -0.482. The first kappa shape index (κ1) is 21.3. The molecule has 1 amide bonds. The van der Waals surface area contributed by atoms with Gasteiger partial charge in [0.1, 0.15) is 12.4 Å². The molecule has 0 aliphatic heterocycles. The summed E-state index contributed by atoms with van der Waals surface area (Å²) in [6.45, 7) is 2.15. The van der Waals surface area contributed by atoms with Crippen molar-refractivity contribution in [3.05, 3.63) is 114 Å². The summed E-state index contributed by atoms with van der Waals surface area (Å²) in [6, 6.07) is 28.3. The average Bonchev–Trinajstić information content (AvgIpc) is 2.86. The van der Waals surface area contributed by atoms with Crippen molar-refractivity contribution in [3.63, 3.8) is 0 Å². The molecule has 5 heteroatoms. The Morgan fingerprint density at radius 2 is 1.69 bits per heavy atom. The molecule has 0 spiro atoms. The number of rotatable bonds is 7. The number of hydrogen-bond donors (Lipinski definition) is 1. The van der Waals surface area contributed by atoms with Crippen LogP contribution >= 0.6 is 0 Å². The first-order valence-corrected chi connectivity index (χ1v) is 10.4. The first-order chi connectivity index (χ1) is 15.6. The summed E-state index contributed by atoms with van der Waals surface area (Å²) in [5, 5.41) is 12.0. The van der Waals surface area contributed by atoms with Gasteiger partial charge in [-0.25, -0.2) is 10.0 Å². The minimum Gasteiger partial charge on any atom is -0.487 e. The van der Waals surface area contributed by atoms with Crippen LogP contribution in [0, 0.1) is 0 Å². The highest BCUT2D eigenvalue weighted by Gasteiger charge is 2.17. The minimum absolute atomic E-state index is 0.370. The number of benzene rings is 3. The van der Waals surface area contributed by atoms with Gasteiger partial charge in [0.05, 0.1) is 17.3 Å². The van der Waals surface area contributed by atoms with Gasteiger partial charge >= 0.3 is 0 Å². The fraction of sp³-hybridized carbons (Fsp3) is 0.111. The number of hydroxylamine groups is 2. The third-order valence-electron chi connectivity index (χ3n) is 5.22. The average molecular weight is 425 g/mol. The Morgan fingerprint density at radius 1 is 0.969 bits per heavy atom. The Hall–Kier alpha value is -3.96. The van der Waals surface area contributed by atoms with E-state index in [0.29, 0.717) is 12.4 Å². The molecule has 5 nitrogen and oxygen atoms in total. The highest BCUT2D eigenvalue weighted by atomic mass is 16.5. The molecule has 0 fully saturated rings. The Morgan fingerprint density at radius 3 is 2.47 bits per heavy atom. The lowest BCUT2D eigenvalue weighted by atomic mass is 10.1. The van der Waals surface area contributed by atoms with E-state index >= 15 is 0 Å². The molecule has 0 aliphatic rings. The van der Waals surface area contributed by atoms with Crippen LogP contribution in [0.4, 0.5) is 0 Å². The van der Waals surface area contributed by atoms with Crippen LogP contribution in [-0.2, 0) is 11.4 Å². The molecule has 4 aromatic rings. The molecular weight excluding hydrogens is 400 g/mol. The summed E-state index contributed by atoms with van der Waals surface area (Å²) in [6.07, 6.45) is 3.02. The molecule has 0 saturated heterocycles. The largest absolute Gasteiger partial charge is 0.487 e. The number of carbonyl (C=O) groups is 1. The predicted octanol–water partition coefficient (Wildman–Crippen LogP) is 5.81. The number of para-hydroxylation sites is 1. The summed E-state index contributed by atoms with van der Waals surface area (Å²) >= 11 is 0. The quantitative estimate of drug-likeness (QED) is 0.231. The summed E-state index contributed by atoms with van der Waals surface area (Å²) in [5.41, 5.74) is 3.49. The van der Waals surface area contributed by atoms with Crippen molar-refractivity contribution in [3.8, 4) is 5.75 Å². The molecule has 160 valence electrons. The van der Waals surface area contributed by atoms with E-state index in [1.54, 1.807) is 13.0 Å². The molecule has 1 unspecified atom stereocenters. The van der Waals surface area contributed by atoms with Crippen molar-refractivity contribution in [2.45, 2.75) is 19.6 Å². The molecule has 1 atom stereocenters. The van der Waals surface area contributed by atoms with E-state index in [2.05, 4.69) is 4.98 Å². The first-order valence-electron chi connectivity index (χ1n) is 10.4. The fourth-order valence-corrected chi connectivity index (χ4v) is 3.33. The summed E-state index contributed by atoms with van der Waals surface area (Å²) in [7, 11) is 0. The van der Waals surface area contributed by atoms with Gasteiger partial charge in [-0.1, -0.05) is 66.7 Å². The number of ether oxygens (including phenoxy) is 1. The number of hydrogen-bond acceptors (Lipinski definition) is 4. The SMILES string of the molecule is CC(c1ccccc1)N(O)C(=O)C=Cc1ccc(OCc2ccc3ccccc3n2)cc1. The maximum atomic E-state index is 12.3. The Labute approximate surface area is 187 Å². The zero-order valence-corrected chi connectivity index (χ0v) is 17.8. The van der Waals surface area contributed by atoms with Crippen molar-refractivity contribution in [1.29, 1.82) is 0 Å². The molecule has 32 heavy (non-hydrogen) atoms. The topological polar surface area (TPSA) is 62.7 Å². The van der Waals surface area contributed by atoms with Gasteiger partial charge in [-0.2, -0.15) is 0 Å². The summed E-state index contributed by atoms with van der Waals surface area (Å²) in [4.78, 5) is 16.9. The van der Waals surface area contributed by atoms with Crippen LogP contribution in [-0.4, -0.2) is 21.2 Å². The van der Waals surface area contributed by atoms with Crippen LogP contribution in [0.5, 0.6) is 5.75 Å². The van der Waals surface area contributed by atoms with Crippen molar-refractivity contribution in [1.82, 2.24) is 10.0 Å². The van der Waals surface area contributed by atoms with Crippen LogP contribution in [0.15, 0.2) is 97.1 Å². The second kappa shape index (κ2) is 9.90. The fourth-order valence-electron chi connectivity index (χ4n) is 3.33. The summed E-state index contributed by atoms with van der Waals surface area (Å²) < 4.78 is 5.84. The van der Waals surface area contributed by atoms with Crippen LogP contribution in [0.25, 0.3) is 17.0 Å². The van der Waals surface area contributed by atoms with Gasteiger partial charge in [-0.15, -0.1) is 0 Å². The van der Waals surface area contributed by atoms with Crippen molar-refractivity contribution in [2.75, 3.05) is 0 Å². The number of amides is 1. The van der Waals surface area contributed by atoms with Crippen LogP contribution in [0.2, 0.25) is 0 Å². The van der Waals surface area contributed by atoms with Gasteiger partial charge in [0.2, 0.25) is 0 Å². The van der Waals surface area contributed by atoms with E-state index in [4.69, 9.17) is 4.74 Å². The van der Waals surface area contributed by atoms with E-state index in [-0.39, 0.29) is 0 Å². The molecular formula is C27H24N2O3. The summed E-state index contributed by atoms with van der Waals surface area (Å²) in [5.74, 6) is 0.231. The normalized spacial score (nSPS) is 12.1. The second-order valence-electron chi connectivity index (χ2n) is 7.46. The van der Waals surface area contributed by atoms with Gasteiger partial charge < -0.3 is 4.74 Å². The number of aromatic nitrogens is 1. The van der Waals surface area contributed by atoms with E-state index in [1.165, 1.54) is 6.08 Å². The van der Waals surface area contributed by atoms with Gasteiger partial charge in [0, 0.05) is 11.5 Å². The maximum Gasteiger partial charge on any atom is 0.270 e. The lowest BCUT2D eigenvalue weighted by Gasteiger charge is -2.21. The molecule has 0 bridgehead atoms. The monoisotopic (exact) mass is 424 g/mol. The number of carbonyl (C=O) groups excluding carboxylic acids is 1. The standard InChI is InChI=1S/C27H24N2O3/c1-20(22-7-3-2-4-8-22)29(31)27(30)18-13-21-11-16-25(17-12-21)32-19-24-15-14-23-9-5-6-10-26(23)28-24/h2-18,20,31H,19H2,1H3. The van der Waals surface area contributed by atoms with E-state index in [9.17, 15) is 10.0 Å². The predicted molar refractivity (Wildman–Crippen MR) is 125 cm³/mol. The lowest BCUT2D eigenvalue weighted by Crippen LogP contribution is -2.28. The molecule has 1 N–H and O–H groups in total. The third-order valence-corrected chi connectivity index (χ3v) is 5.22. The molecule has 4 rings (SSSR count). The molecule has 0 radical (unpaired) electrons. The third kappa shape index (κ3) is 5.20. The molecule has 1 aromatic heterocycles. The molecule has 0 saturated carbocycles. The van der Waals surface area contributed by atoms with E-state index in [0.717, 1.165) is 32.8 Å². The van der Waals surface area contributed by atoms with Crippen LogP contribution < -0.4 is 4.74 Å². The Balaban J connectivity index is 1.33. The maximum absolute atomic E-state index is 12.3. The number of pyridine rings is 1. The van der Waals surface area contributed by atoms with Crippen molar-refractivity contribution in [2.24, 2.45) is 0 Å². The number of fused-ring (bicyclic) bond motifs is 1. The highest BCUT2D eigenvalue weighted by molar-refractivity contribution is 5.91. The molecule has 0 aliphatic carbocycles. The smallest absolute Gasteiger partial charge is 0.270 e. The van der Waals surface area contributed by atoms with Crippen LogP contribution in [0.1, 0.15) is 29.8 Å². The number of nitrogens with zero attached hydrogens (tertiary/aromatic N) is 2. The Kier molecular flexibility index (Phi) is 6.58. The zero-order chi connectivity index (χ0) is 22.3. The van der Waals surface area contributed by atoms with E-state index in [1.807, 2.05) is 91.0 Å². The van der Waals surface area contributed by atoms with Crippen LogP contribution in [0.3, 0.4) is 0 Å². The van der Waals surface area contributed by atoms with Crippen molar-refractivity contribution < 1.29 is 14.7 Å². The molecule has 1 heterocycles. The van der Waals surface area contributed by atoms with Gasteiger partial charge in [-0.3, -0.25) is 10.0 Å². The van der Waals surface area contributed by atoms with Gasteiger partial charge in [-0.05, 0) is 48.4 Å². The van der Waals surface area contributed by atoms with Crippen molar-refractivity contribution >= 4 is 22.9 Å². The highest BCUT2D eigenvalue weighted by Crippen LogP contribution is 2.19. The second-order valence-corrected chi connectivity index (χ2v) is 7.46.